The van der Waals surface area contributed by atoms with Crippen molar-refractivity contribution in [2.24, 2.45) is 0 Å². The number of carbonyl (C=O) groups is 1. The summed E-state index contributed by atoms with van der Waals surface area (Å²) in [6.45, 7) is 1.86. The second-order valence-electron chi connectivity index (χ2n) is 5.34. The number of carbonyl (C=O) groups excluding carboxylic acids is 1. The van der Waals surface area contributed by atoms with E-state index in [-0.39, 0.29) is 11.9 Å². The lowest BCUT2D eigenvalue weighted by molar-refractivity contribution is -0.117. The summed E-state index contributed by atoms with van der Waals surface area (Å²) >= 11 is 12.1. The Morgan fingerprint density at radius 3 is 2.44 bits per heavy atom. The average Bonchev–Trinajstić information content (AvgIpc) is 2.59. The number of benzene rings is 2. The molecule has 0 saturated carbocycles. The standard InChI is InChI=1S/C19H19Cl2NO3/c1-12(15-7-6-14(20)11-16(15)21)22-19(23)9-5-13-4-8-17(24-2)18(10-13)25-3/h4-12H,1-3H3,(H,22,23)/b9-5+/t12-/m1/s1. The maximum Gasteiger partial charge on any atom is 0.244 e. The summed E-state index contributed by atoms with van der Waals surface area (Å²) < 4.78 is 10.4. The Hall–Kier alpha value is -2.17. The third-order valence-corrected chi connectivity index (χ3v) is 4.18. The number of ether oxygens (including phenoxy) is 2. The summed E-state index contributed by atoms with van der Waals surface area (Å²) in [4.78, 5) is 12.1. The summed E-state index contributed by atoms with van der Waals surface area (Å²) in [5, 5.41) is 3.94. The van der Waals surface area contributed by atoms with Crippen LogP contribution in [-0.4, -0.2) is 20.1 Å². The Morgan fingerprint density at radius 2 is 1.80 bits per heavy atom. The first-order valence-corrected chi connectivity index (χ1v) is 8.35. The fourth-order valence-electron chi connectivity index (χ4n) is 2.32. The van der Waals surface area contributed by atoms with Gasteiger partial charge in [0.05, 0.1) is 20.3 Å². The van der Waals surface area contributed by atoms with Gasteiger partial charge in [0.15, 0.2) is 11.5 Å². The minimum absolute atomic E-state index is 0.228. The lowest BCUT2D eigenvalue weighted by Crippen LogP contribution is -2.24. The van der Waals surface area contributed by atoms with Crippen molar-refractivity contribution in [2.45, 2.75) is 13.0 Å². The van der Waals surface area contributed by atoms with Crippen molar-refractivity contribution in [3.63, 3.8) is 0 Å². The molecule has 1 N–H and O–H groups in total. The van der Waals surface area contributed by atoms with Crippen molar-refractivity contribution < 1.29 is 14.3 Å². The van der Waals surface area contributed by atoms with Crippen molar-refractivity contribution in [3.05, 3.63) is 63.6 Å². The molecule has 2 aromatic carbocycles. The number of rotatable bonds is 6. The Labute approximate surface area is 157 Å². The van der Waals surface area contributed by atoms with Crippen LogP contribution in [0, 0.1) is 0 Å². The van der Waals surface area contributed by atoms with E-state index in [2.05, 4.69) is 5.32 Å². The molecule has 1 atom stereocenters. The van der Waals surface area contributed by atoms with E-state index in [1.165, 1.54) is 6.08 Å². The second kappa shape index (κ2) is 8.79. The van der Waals surface area contributed by atoms with E-state index in [1.54, 1.807) is 50.6 Å². The molecular formula is C19H19Cl2NO3. The van der Waals surface area contributed by atoms with Gasteiger partial charge in [-0.05, 0) is 48.4 Å². The first kappa shape index (κ1) is 19.2. The maximum atomic E-state index is 12.1. The van der Waals surface area contributed by atoms with Gasteiger partial charge < -0.3 is 14.8 Å². The van der Waals surface area contributed by atoms with Crippen LogP contribution in [-0.2, 0) is 4.79 Å². The largest absolute Gasteiger partial charge is 0.493 e. The Bertz CT molecular complexity index is 790. The predicted molar refractivity (Wildman–Crippen MR) is 102 cm³/mol. The minimum atomic E-state index is -0.243. The van der Waals surface area contributed by atoms with E-state index in [1.807, 2.05) is 13.0 Å². The predicted octanol–water partition coefficient (Wildman–Crippen LogP) is 4.90. The van der Waals surface area contributed by atoms with E-state index in [4.69, 9.17) is 32.7 Å². The molecule has 0 radical (unpaired) electrons. The van der Waals surface area contributed by atoms with E-state index in [9.17, 15) is 4.79 Å². The number of methoxy groups -OCH3 is 2. The van der Waals surface area contributed by atoms with Crippen molar-refractivity contribution in [1.29, 1.82) is 0 Å². The monoisotopic (exact) mass is 379 g/mol. The molecule has 132 valence electrons. The molecule has 0 fully saturated rings. The first-order chi connectivity index (χ1) is 11.9. The van der Waals surface area contributed by atoms with Gasteiger partial charge in [-0.1, -0.05) is 35.3 Å². The van der Waals surface area contributed by atoms with Crippen LogP contribution >= 0.6 is 23.2 Å². The number of nitrogens with one attached hydrogen (secondary N) is 1. The molecule has 0 bridgehead atoms. The van der Waals surface area contributed by atoms with E-state index < -0.39 is 0 Å². The van der Waals surface area contributed by atoms with Gasteiger partial charge in [-0.2, -0.15) is 0 Å². The molecule has 0 unspecified atom stereocenters. The van der Waals surface area contributed by atoms with Gasteiger partial charge in [0, 0.05) is 16.1 Å². The van der Waals surface area contributed by atoms with Crippen LogP contribution in [0.3, 0.4) is 0 Å². The van der Waals surface area contributed by atoms with Gasteiger partial charge in [-0.25, -0.2) is 0 Å². The van der Waals surface area contributed by atoms with E-state index in [0.29, 0.717) is 21.5 Å². The fourth-order valence-corrected chi connectivity index (χ4v) is 2.89. The molecular weight excluding hydrogens is 361 g/mol. The van der Waals surface area contributed by atoms with Crippen molar-refractivity contribution in [1.82, 2.24) is 5.32 Å². The van der Waals surface area contributed by atoms with Gasteiger partial charge in [0.1, 0.15) is 0 Å². The highest BCUT2D eigenvalue weighted by molar-refractivity contribution is 6.35. The number of amides is 1. The Kier molecular flexibility index (Phi) is 6.73. The van der Waals surface area contributed by atoms with Crippen LogP contribution in [0.15, 0.2) is 42.5 Å². The summed E-state index contributed by atoms with van der Waals surface area (Å²) in [6.07, 6.45) is 3.16. The van der Waals surface area contributed by atoms with Gasteiger partial charge in [-0.3, -0.25) is 4.79 Å². The third kappa shape index (κ3) is 5.15. The van der Waals surface area contributed by atoms with Crippen molar-refractivity contribution in [2.75, 3.05) is 14.2 Å². The van der Waals surface area contributed by atoms with Gasteiger partial charge in [-0.15, -0.1) is 0 Å². The number of hydrogen-bond acceptors (Lipinski definition) is 3. The van der Waals surface area contributed by atoms with E-state index in [0.717, 1.165) is 11.1 Å². The summed E-state index contributed by atoms with van der Waals surface area (Å²) in [5.74, 6) is 1.01. The Morgan fingerprint density at radius 1 is 1.08 bits per heavy atom. The molecule has 0 saturated heterocycles. The zero-order valence-corrected chi connectivity index (χ0v) is 15.7. The summed E-state index contributed by atoms with van der Waals surface area (Å²) in [6, 6.07) is 10.4. The van der Waals surface area contributed by atoms with Gasteiger partial charge in [0.2, 0.25) is 5.91 Å². The fraction of sp³-hybridized carbons (Fsp3) is 0.211. The Balaban J connectivity index is 2.05. The highest BCUT2D eigenvalue weighted by Crippen LogP contribution is 2.28. The second-order valence-corrected chi connectivity index (χ2v) is 6.19. The molecule has 2 rings (SSSR count). The number of halogens is 2. The van der Waals surface area contributed by atoms with Crippen LogP contribution < -0.4 is 14.8 Å². The lowest BCUT2D eigenvalue weighted by Gasteiger charge is -2.14. The van der Waals surface area contributed by atoms with Crippen LogP contribution in [0.25, 0.3) is 6.08 Å². The average molecular weight is 380 g/mol. The van der Waals surface area contributed by atoms with Crippen LogP contribution in [0.5, 0.6) is 11.5 Å². The van der Waals surface area contributed by atoms with Crippen LogP contribution in [0.2, 0.25) is 10.0 Å². The molecule has 0 aliphatic heterocycles. The quantitative estimate of drug-likeness (QED) is 0.725. The highest BCUT2D eigenvalue weighted by Gasteiger charge is 2.11. The zero-order chi connectivity index (χ0) is 18.4. The molecule has 0 aliphatic carbocycles. The third-order valence-electron chi connectivity index (χ3n) is 3.62. The normalized spacial score (nSPS) is 12.0. The molecule has 0 aromatic heterocycles. The highest BCUT2D eigenvalue weighted by atomic mass is 35.5. The molecule has 0 spiro atoms. The minimum Gasteiger partial charge on any atom is -0.493 e. The topological polar surface area (TPSA) is 47.6 Å². The SMILES string of the molecule is COc1ccc(/C=C/C(=O)N[C@H](C)c2ccc(Cl)cc2Cl)cc1OC. The number of hydrogen-bond donors (Lipinski definition) is 1. The van der Waals surface area contributed by atoms with Crippen LogP contribution in [0.4, 0.5) is 0 Å². The van der Waals surface area contributed by atoms with Crippen LogP contribution in [0.1, 0.15) is 24.1 Å². The van der Waals surface area contributed by atoms with Crippen molar-refractivity contribution in [3.8, 4) is 11.5 Å². The maximum absolute atomic E-state index is 12.1. The molecule has 2 aromatic rings. The van der Waals surface area contributed by atoms with Crippen molar-refractivity contribution >= 4 is 35.2 Å². The summed E-state index contributed by atoms with van der Waals surface area (Å²) in [7, 11) is 3.14. The molecule has 1 amide bonds. The molecule has 25 heavy (non-hydrogen) atoms. The van der Waals surface area contributed by atoms with Gasteiger partial charge >= 0.3 is 0 Å². The molecule has 4 nitrogen and oxygen atoms in total. The first-order valence-electron chi connectivity index (χ1n) is 7.60. The van der Waals surface area contributed by atoms with E-state index >= 15 is 0 Å². The molecule has 6 heteroatoms. The van der Waals surface area contributed by atoms with Gasteiger partial charge in [0.25, 0.3) is 0 Å². The zero-order valence-electron chi connectivity index (χ0n) is 14.2. The molecule has 0 aliphatic rings. The lowest BCUT2D eigenvalue weighted by atomic mass is 10.1. The molecule has 0 heterocycles. The smallest absolute Gasteiger partial charge is 0.244 e. The summed E-state index contributed by atoms with van der Waals surface area (Å²) in [5.41, 5.74) is 1.63.